The fourth-order valence-electron chi connectivity index (χ4n) is 1.96. The van der Waals surface area contributed by atoms with Crippen molar-refractivity contribution in [2.24, 2.45) is 5.92 Å². The second-order valence-corrected chi connectivity index (χ2v) is 5.45. The highest BCUT2D eigenvalue weighted by Gasteiger charge is 2.13. The lowest BCUT2D eigenvalue weighted by Crippen LogP contribution is -2.11. The van der Waals surface area contributed by atoms with Crippen LogP contribution in [0.1, 0.15) is 31.1 Å². The zero-order chi connectivity index (χ0) is 16.0. The van der Waals surface area contributed by atoms with Crippen LogP contribution in [0, 0.1) is 5.92 Å². The number of anilines is 1. The maximum absolute atomic E-state index is 12.4. The summed E-state index contributed by atoms with van der Waals surface area (Å²) in [5.74, 6) is -0.135. The van der Waals surface area contributed by atoms with Gasteiger partial charge in [0.05, 0.1) is 0 Å². The van der Waals surface area contributed by atoms with Crippen molar-refractivity contribution in [2.75, 3.05) is 19.0 Å². The highest BCUT2D eigenvalue weighted by Crippen LogP contribution is 2.17. The molecular weight excluding hydrogens is 262 g/mol. The number of carbonyl (C=O) groups is 2. The summed E-state index contributed by atoms with van der Waals surface area (Å²) in [7, 11) is 3.93. The normalized spacial score (nSPS) is 13.3. The predicted octanol–water partition coefficient (Wildman–Crippen LogP) is 3.66. The highest BCUT2D eigenvalue weighted by molar-refractivity contribution is 5.99. The Morgan fingerprint density at radius 1 is 1.05 bits per heavy atom. The first-order chi connectivity index (χ1) is 9.81. The minimum Gasteiger partial charge on any atom is -0.378 e. The van der Waals surface area contributed by atoms with Gasteiger partial charge < -0.3 is 4.90 Å². The molecule has 3 heteroatoms. The molecule has 0 aromatic heterocycles. The van der Waals surface area contributed by atoms with Crippen molar-refractivity contribution in [3.8, 4) is 0 Å². The molecule has 1 aromatic rings. The quantitative estimate of drug-likeness (QED) is 0.455. The summed E-state index contributed by atoms with van der Waals surface area (Å²) in [4.78, 5) is 25.2. The number of benzene rings is 1. The molecule has 3 nitrogen and oxygen atoms in total. The van der Waals surface area contributed by atoms with E-state index < -0.39 is 0 Å². The average molecular weight is 285 g/mol. The van der Waals surface area contributed by atoms with Crippen LogP contribution in [0.25, 0.3) is 0 Å². The third kappa shape index (κ3) is 5.38. The Balaban J connectivity index is 2.82. The summed E-state index contributed by atoms with van der Waals surface area (Å²) in [6, 6.07) is 7.57. The Hall–Kier alpha value is -2.16. The van der Waals surface area contributed by atoms with Crippen LogP contribution in [0.2, 0.25) is 0 Å². The van der Waals surface area contributed by atoms with Crippen LogP contribution >= 0.6 is 0 Å². The highest BCUT2D eigenvalue weighted by atomic mass is 16.1. The van der Waals surface area contributed by atoms with Gasteiger partial charge in [-0.25, -0.2) is 0 Å². The molecule has 1 atom stereocenters. The number of rotatable bonds is 6. The third-order valence-electron chi connectivity index (χ3n) is 3.18. The second-order valence-electron chi connectivity index (χ2n) is 5.45. The summed E-state index contributed by atoms with van der Waals surface area (Å²) in [6.45, 7) is 5.26. The van der Waals surface area contributed by atoms with E-state index in [4.69, 9.17) is 0 Å². The molecule has 0 aliphatic carbocycles. The topological polar surface area (TPSA) is 37.4 Å². The Morgan fingerprint density at radius 3 is 2.10 bits per heavy atom. The molecule has 0 spiro atoms. The first kappa shape index (κ1) is 16.9. The number of ketones is 2. The monoisotopic (exact) mass is 285 g/mol. The molecule has 0 aliphatic heterocycles. The number of nitrogens with zero attached hydrogens (tertiary/aromatic N) is 1. The zero-order valence-electron chi connectivity index (χ0n) is 13.4. The molecule has 0 unspecified atom stereocenters. The predicted molar refractivity (Wildman–Crippen MR) is 87.8 cm³/mol. The molecular formula is C18H23NO2. The second kappa shape index (κ2) is 7.58. The van der Waals surface area contributed by atoms with Crippen molar-refractivity contribution in [1.29, 1.82) is 0 Å². The Morgan fingerprint density at radius 2 is 1.62 bits per heavy atom. The van der Waals surface area contributed by atoms with E-state index in [9.17, 15) is 9.59 Å². The molecule has 0 aliphatic rings. The molecule has 0 radical (unpaired) electrons. The van der Waals surface area contributed by atoms with Gasteiger partial charge in [-0.3, -0.25) is 9.59 Å². The number of allylic oxidation sites excluding steroid dienone is 4. The van der Waals surface area contributed by atoms with Gasteiger partial charge in [0.25, 0.3) is 0 Å². The summed E-state index contributed by atoms with van der Waals surface area (Å²) < 4.78 is 0. The van der Waals surface area contributed by atoms with Crippen molar-refractivity contribution in [2.45, 2.75) is 20.8 Å². The zero-order valence-corrected chi connectivity index (χ0v) is 13.4. The molecule has 0 heterocycles. The average Bonchev–Trinajstić information content (AvgIpc) is 2.44. The van der Waals surface area contributed by atoms with Crippen molar-refractivity contribution in [3.05, 3.63) is 53.6 Å². The van der Waals surface area contributed by atoms with E-state index in [1.807, 2.05) is 63.2 Å². The number of carbonyl (C=O) groups excluding carboxylic acids is 2. The van der Waals surface area contributed by atoms with Crippen molar-refractivity contribution < 1.29 is 9.59 Å². The molecule has 0 saturated heterocycles. The van der Waals surface area contributed by atoms with Crippen molar-refractivity contribution >= 4 is 17.3 Å². The van der Waals surface area contributed by atoms with Crippen LogP contribution in [-0.4, -0.2) is 25.7 Å². The van der Waals surface area contributed by atoms with Crippen LogP contribution in [0.4, 0.5) is 5.69 Å². The van der Waals surface area contributed by atoms with Crippen LogP contribution < -0.4 is 4.90 Å². The van der Waals surface area contributed by atoms with Gasteiger partial charge in [0.2, 0.25) is 0 Å². The van der Waals surface area contributed by atoms with Crippen molar-refractivity contribution in [1.82, 2.24) is 0 Å². The minimum atomic E-state index is -0.216. The van der Waals surface area contributed by atoms with Gasteiger partial charge >= 0.3 is 0 Å². The van der Waals surface area contributed by atoms with E-state index >= 15 is 0 Å². The smallest absolute Gasteiger partial charge is 0.169 e. The van der Waals surface area contributed by atoms with E-state index in [2.05, 4.69) is 0 Å². The van der Waals surface area contributed by atoms with Gasteiger partial charge in [-0.2, -0.15) is 0 Å². The van der Waals surface area contributed by atoms with Crippen molar-refractivity contribution in [3.63, 3.8) is 0 Å². The lowest BCUT2D eigenvalue weighted by atomic mass is 9.97. The van der Waals surface area contributed by atoms with E-state index in [1.165, 1.54) is 13.0 Å². The molecule has 0 amide bonds. The summed E-state index contributed by atoms with van der Waals surface area (Å²) in [5.41, 5.74) is 2.68. The first-order valence-electron chi connectivity index (χ1n) is 7.00. The lowest BCUT2D eigenvalue weighted by molar-refractivity contribution is -0.112. The maximum atomic E-state index is 12.4. The molecule has 0 N–H and O–H groups in total. The summed E-state index contributed by atoms with van der Waals surface area (Å²) in [5, 5.41) is 0. The fourth-order valence-corrected chi connectivity index (χ4v) is 1.96. The lowest BCUT2D eigenvalue weighted by Gasteiger charge is -2.13. The van der Waals surface area contributed by atoms with E-state index in [-0.39, 0.29) is 17.5 Å². The van der Waals surface area contributed by atoms with Gasteiger partial charge in [-0.05, 0) is 44.2 Å². The number of Topliss-reactive ketones (excluding diaryl/α,β-unsaturated/α-hetero) is 1. The largest absolute Gasteiger partial charge is 0.378 e. The van der Waals surface area contributed by atoms with Gasteiger partial charge in [-0.15, -0.1) is 0 Å². The molecule has 1 rings (SSSR count). The van der Waals surface area contributed by atoms with Crippen LogP contribution in [0.15, 0.2) is 48.1 Å². The molecule has 0 fully saturated rings. The van der Waals surface area contributed by atoms with Gasteiger partial charge in [-0.1, -0.05) is 24.6 Å². The standard InChI is InChI=1S/C18H23NO2/c1-13(6-7-15(3)20)12-14(2)18(21)16-8-10-17(11-9-16)19(4)5/h6-12,14H,1-5H3/b7-6+,13-12+/t14-/m1/s1. The summed E-state index contributed by atoms with van der Waals surface area (Å²) in [6.07, 6.45) is 5.12. The molecule has 21 heavy (non-hydrogen) atoms. The van der Waals surface area contributed by atoms with Crippen LogP contribution in [-0.2, 0) is 4.79 Å². The SMILES string of the molecule is CC(=O)/C=C/C(C)=C/[C@@H](C)C(=O)c1ccc(N(C)C)cc1. The summed E-state index contributed by atoms with van der Waals surface area (Å²) >= 11 is 0. The molecule has 1 aromatic carbocycles. The Bertz CT molecular complexity index is 565. The van der Waals surface area contributed by atoms with E-state index in [0.717, 1.165) is 11.3 Å². The Labute approximate surface area is 127 Å². The maximum Gasteiger partial charge on any atom is 0.169 e. The number of hydrogen-bond acceptors (Lipinski definition) is 3. The van der Waals surface area contributed by atoms with Gasteiger partial charge in [0.1, 0.15) is 0 Å². The van der Waals surface area contributed by atoms with E-state index in [1.54, 1.807) is 6.08 Å². The van der Waals surface area contributed by atoms with E-state index in [0.29, 0.717) is 5.56 Å². The molecule has 0 bridgehead atoms. The number of hydrogen-bond donors (Lipinski definition) is 0. The Kier molecular flexibility index (Phi) is 6.10. The van der Waals surface area contributed by atoms with Crippen LogP contribution in [0.3, 0.4) is 0 Å². The third-order valence-corrected chi connectivity index (χ3v) is 3.18. The minimum absolute atomic E-state index is 0.000929. The molecule has 0 saturated carbocycles. The first-order valence-corrected chi connectivity index (χ1v) is 7.00. The molecule has 112 valence electrons. The van der Waals surface area contributed by atoms with Crippen LogP contribution in [0.5, 0.6) is 0 Å². The van der Waals surface area contributed by atoms with Gasteiger partial charge in [0.15, 0.2) is 11.6 Å². The van der Waals surface area contributed by atoms with Gasteiger partial charge in [0, 0.05) is 31.3 Å². The fraction of sp³-hybridized carbons (Fsp3) is 0.333.